The van der Waals surface area contributed by atoms with Gasteiger partial charge in [-0.25, -0.2) is 0 Å². The molecule has 0 radical (unpaired) electrons. The molecule has 0 aromatic heterocycles. The molecule has 0 rings (SSSR count). The summed E-state index contributed by atoms with van der Waals surface area (Å²) in [7, 11) is 0. The third kappa shape index (κ3) is 67.2. The fourth-order valence-electron chi connectivity index (χ4n) is 11.7. The van der Waals surface area contributed by atoms with Crippen LogP contribution in [-0.2, 0) is 14.3 Å². The van der Waals surface area contributed by atoms with Crippen molar-refractivity contribution in [3.8, 4) is 0 Å². The summed E-state index contributed by atoms with van der Waals surface area (Å²) in [6.45, 7) is 4.96. The minimum atomic E-state index is -0.660. The lowest BCUT2D eigenvalue weighted by atomic mass is 10.0. The van der Waals surface area contributed by atoms with Gasteiger partial charge >= 0.3 is 5.97 Å². The number of aliphatic hydroxyl groups excluding tert-OH is 2. The maximum atomic E-state index is 12.5. The number of amides is 1. The molecule has 0 heterocycles. The highest BCUT2D eigenvalue weighted by molar-refractivity contribution is 5.76. The van der Waals surface area contributed by atoms with Crippen molar-refractivity contribution in [1.82, 2.24) is 5.32 Å². The molecule has 0 aromatic carbocycles. The summed E-state index contributed by atoms with van der Waals surface area (Å²) in [5, 5.41) is 23.2. The number of aliphatic hydroxyl groups is 2. The van der Waals surface area contributed by atoms with E-state index < -0.39 is 12.1 Å². The van der Waals surface area contributed by atoms with Crippen LogP contribution in [-0.4, -0.2) is 47.4 Å². The second-order valence-corrected chi connectivity index (χ2v) is 25.6. The highest BCUT2D eigenvalue weighted by Crippen LogP contribution is 2.19. The van der Waals surface area contributed by atoms with Crippen LogP contribution in [0.25, 0.3) is 0 Å². The molecule has 2 unspecified atom stereocenters. The number of ether oxygens (including phenoxy) is 1. The summed E-state index contributed by atoms with van der Waals surface area (Å²) in [4.78, 5) is 24.6. The van der Waals surface area contributed by atoms with Crippen LogP contribution in [0.3, 0.4) is 0 Å². The predicted molar refractivity (Wildman–Crippen MR) is 361 cm³/mol. The molecule has 0 aliphatic carbocycles. The third-order valence-electron chi connectivity index (χ3n) is 17.4. The zero-order chi connectivity index (χ0) is 59.2. The van der Waals surface area contributed by atoms with Crippen molar-refractivity contribution in [3.63, 3.8) is 0 Å². The van der Waals surface area contributed by atoms with Crippen LogP contribution in [0, 0.1) is 0 Å². The summed E-state index contributed by atoms with van der Waals surface area (Å²) in [6.07, 6.45) is 92.3. The molecule has 0 aliphatic heterocycles. The molecular formula is C76H145NO5. The van der Waals surface area contributed by atoms with E-state index >= 15 is 0 Å². The first-order valence-electron chi connectivity index (χ1n) is 37.2. The summed E-state index contributed by atoms with van der Waals surface area (Å²) in [6, 6.07) is -0.538. The number of allylic oxidation sites excluding steroid dienone is 6. The molecule has 0 saturated heterocycles. The van der Waals surface area contributed by atoms with E-state index in [9.17, 15) is 19.8 Å². The number of carbonyl (C=O) groups is 2. The zero-order valence-corrected chi connectivity index (χ0v) is 55.5. The highest BCUT2D eigenvalue weighted by atomic mass is 16.5. The van der Waals surface area contributed by atoms with E-state index in [-0.39, 0.29) is 18.5 Å². The van der Waals surface area contributed by atoms with Gasteiger partial charge in [0.15, 0.2) is 0 Å². The number of hydrogen-bond acceptors (Lipinski definition) is 5. The molecule has 0 aromatic rings. The molecule has 82 heavy (non-hydrogen) atoms. The Balaban J connectivity index is 3.33. The van der Waals surface area contributed by atoms with Crippen molar-refractivity contribution in [3.05, 3.63) is 36.5 Å². The molecule has 0 spiro atoms. The van der Waals surface area contributed by atoms with E-state index in [1.54, 1.807) is 0 Å². The van der Waals surface area contributed by atoms with Gasteiger partial charge in [0.1, 0.15) is 0 Å². The monoisotopic (exact) mass is 1150 g/mol. The van der Waals surface area contributed by atoms with Crippen molar-refractivity contribution in [1.29, 1.82) is 0 Å². The number of hydrogen-bond donors (Lipinski definition) is 3. The lowest BCUT2D eigenvalue weighted by molar-refractivity contribution is -0.143. The van der Waals surface area contributed by atoms with Gasteiger partial charge in [0.2, 0.25) is 5.91 Å². The first-order chi connectivity index (χ1) is 40.5. The fourth-order valence-corrected chi connectivity index (χ4v) is 11.7. The molecule has 0 saturated carbocycles. The number of esters is 1. The minimum Gasteiger partial charge on any atom is -0.466 e. The quantitative estimate of drug-likeness (QED) is 0.0320. The zero-order valence-electron chi connectivity index (χ0n) is 55.5. The molecule has 484 valence electrons. The number of rotatable bonds is 70. The molecule has 0 aliphatic rings. The van der Waals surface area contributed by atoms with Crippen molar-refractivity contribution in [2.45, 2.75) is 424 Å². The smallest absolute Gasteiger partial charge is 0.305 e. The van der Waals surface area contributed by atoms with Gasteiger partial charge in [0.05, 0.1) is 25.4 Å². The summed E-state index contributed by atoms with van der Waals surface area (Å²) >= 11 is 0. The summed E-state index contributed by atoms with van der Waals surface area (Å²) in [5.74, 6) is -0.0159. The van der Waals surface area contributed by atoms with Crippen molar-refractivity contribution < 1.29 is 24.5 Å². The number of nitrogens with one attached hydrogen (secondary N) is 1. The van der Waals surface area contributed by atoms with Crippen LogP contribution >= 0.6 is 0 Å². The fraction of sp³-hybridized carbons (Fsp3) is 0.895. The van der Waals surface area contributed by atoms with Gasteiger partial charge in [-0.05, 0) is 83.5 Å². The highest BCUT2D eigenvalue weighted by Gasteiger charge is 2.20. The average Bonchev–Trinajstić information content (AvgIpc) is 3.48. The van der Waals surface area contributed by atoms with Crippen molar-refractivity contribution in [2.24, 2.45) is 0 Å². The molecular weight excluding hydrogens is 1010 g/mol. The summed E-state index contributed by atoms with van der Waals surface area (Å²) < 4.78 is 5.51. The van der Waals surface area contributed by atoms with E-state index in [1.165, 1.54) is 327 Å². The van der Waals surface area contributed by atoms with Crippen molar-refractivity contribution >= 4 is 11.9 Å². The molecule has 0 fully saturated rings. The molecule has 6 nitrogen and oxygen atoms in total. The lowest BCUT2D eigenvalue weighted by Gasteiger charge is -2.22. The normalized spacial score (nSPS) is 12.7. The topological polar surface area (TPSA) is 95.9 Å². The largest absolute Gasteiger partial charge is 0.466 e. The molecule has 0 bridgehead atoms. The SMILES string of the molecule is CCCCCCCCC/C=C\CCCCCCCCCC(=O)OCCCCCCCCCCCCCCC/C=C\C/C=C\CCCCCCCCCCCCCCCCCCCC(=O)NC(CO)C(O)CCCCCCCCCCCC. The van der Waals surface area contributed by atoms with Gasteiger partial charge in [-0.15, -0.1) is 0 Å². The maximum absolute atomic E-state index is 12.5. The molecule has 2 atom stereocenters. The van der Waals surface area contributed by atoms with Gasteiger partial charge in [-0.3, -0.25) is 9.59 Å². The number of unbranched alkanes of at least 4 members (excludes halogenated alkanes) is 53. The first kappa shape index (κ1) is 80.1. The Morgan fingerprint density at radius 3 is 0.939 bits per heavy atom. The van der Waals surface area contributed by atoms with E-state index in [0.717, 1.165) is 51.4 Å². The number of carbonyl (C=O) groups excluding carboxylic acids is 2. The van der Waals surface area contributed by atoms with Gasteiger partial charge in [0, 0.05) is 12.8 Å². The van der Waals surface area contributed by atoms with Crippen LogP contribution in [0.4, 0.5) is 0 Å². The Labute approximate surface area is 513 Å². The van der Waals surface area contributed by atoms with Gasteiger partial charge in [-0.2, -0.15) is 0 Å². The Morgan fingerprint density at radius 2 is 0.610 bits per heavy atom. The Hall–Kier alpha value is -1.92. The van der Waals surface area contributed by atoms with Crippen LogP contribution < -0.4 is 5.32 Å². The first-order valence-corrected chi connectivity index (χ1v) is 37.2. The second kappa shape index (κ2) is 71.6. The predicted octanol–water partition coefficient (Wildman–Crippen LogP) is 24.3. The average molecular weight is 1150 g/mol. The van der Waals surface area contributed by atoms with Gasteiger partial charge in [0.25, 0.3) is 0 Å². The van der Waals surface area contributed by atoms with Crippen LogP contribution in [0.5, 0.6) is 0 Å². The van der Waals surface area contributed by atoms with Crippen LogP contribution in [0.15, 0.2) is 36.5 Å². The van der Waals surface area contributed by atoms with Crippen LogP contribution in [0.1, 0.15) is 412 Å². The lowest BCUT2D eigenvalue weighted by Crippen LogP contribution is -2.45. The Morgan fingerprint density at radius 1 is 0.341 bits per heavy atom. The maximum Gasteiger partial charge on any atom is 0.305 e. The third-order valence-corrected chi connectivity index (χ3v) is 17.4. The van der Waals surface area contributed by atoms with E-state index in [1.807, 2.05) is 0 Å². The van der Waals surface area contributed by atoms with Gasteiger partial charge < -0.3 is 20.3 Å². The van der Waals surface area contributed by atoms with Gasteiger partial charge in [-0.1, -0.05) is 352 Å². The second-order valence-electron chi connectivity index (χ2n) is 25.6. The van der Waals surface area contributed by atoms with E-state index in [2.05, 4.69) is 55.6 Å². The minimum absolute atomic E-state index is 0.0163. The molecule has 3 N–H and O–H groups in total. The Kier molecular flexibility index (Phi) is 69.9. The molecule has 6 heteroatoms. The standard InChI is InChI=1S/C76H145NO5/c1-3-5-7-9-11-13-15-16-17-18-41-44-47-50-54-58-62-66-70-76(81)82-71-67-63-59-55-51-48-45-42-39-37-35-33-31-29-27-25-23-21-19-20-22-24-26-28-30-32-34-36-38-40-43-46-49-53-57-61-65-69-75(80)77-73(72-78)74(79)68-64-60-56-52-14-12-10-8-6-4-2/h17-19,21,25,27,73-74,78-79H,3-16,20,22-24,26,28-72H2,1-2H3,(H,77,80)/b18-17-,21-19-,27-25-. The Bertz CT molecular complexity index is 1330. The van der Waals surface area contributed by atoms with E-state index in [4.69, 9.17) is 4.74 Å². The molecule has 1 amide bonds. The van der Waals surface area contributed by atoms with E-state index in [0.29, 0.717) is 25.9 Å². The van der Waals surface area contributed by atoms with Crippen molar-refractivity contribution in [2.75, 3.05) is 13.2 Å². The van der Waals surface area contributed by atoms with Crippen LogP contribution in [0.2, 0.25) is 0 Å². The summed E-state index contributed by atoms with van der Waals surface area (Å²) in [5.41, 5.74) is 0.